The van der Waals surface area contributed by atoms with Crippen LogP contribution in [0.5, 0.6) is 0 Å². The fraction of sp³-hybridized carbons (Fsp3) is 0.286. The Morgan fingerprint density at radius 3 is 2.65 bits per heavy atom. The topological polar surface area (TPSA) is 47.0 Å². The molecule has 0 aliphatic rings. The zero-order chi connectivity index (χ0) is 14.7. The lowest BCUT2D eigenvalue weighted by Crippen LogP contribution is -2.17. The molecule has 4 nitrogen and oxygen atoms in total. The standard InChI is InChI=1S/C14H15ClN2O2S/c1-3-11(9-4-6-10(15)7-5-9)17-12(13(18)19-2)8-16-14(17)20/h4-8,11H,3H2,1-2H3,(H,16,20). The number of nitrogens with zero attached hydrogens (tertiary/aromatic N) is 1. The van der Waals surface area contributed by atoms with Crippen molar-refractivity contribution in [3.05, 3.63) is 51.5 Å². The number of esters is 1. The summed E-state index contributed by atoms with van der Waals surface area (Å²) in [5.41, 5.74) is 1.46. The van der Waals surface area contributed by atoms with Crippen LogP contribution in [0.15, 0.2) is 30.5 Å². The first-order valence-corrected chi connectivity index (χ1v) is 7.00. The van der Waals surface area contributed by atoms with Crippen LogP contribution in [0.25, 0.3) is 0 Å². The third kappa shape index (κ3) is 2.78. The summed E-state index contributed by atoms with van der Waals surface area (Å²) in [6.07, 6.45) is 2.37. The van der Waals surface area contributed by atoms with Crippen LogP contribution in [0.3, 0.4) is 0 Å². The molecule has 106 valence electrons. The van der Waals surface area contributed by atoms with Gasteiger partial charge in [0.15, 0.2) is 4.77 Å². The maximum Gasteiger partial charge on any atom is 0.356 e. The second kappa shape index (κ2) is 6.24. The highest BCUT2D eigenvalue weighted by atomic mass is 35.5. The van der Waals surface area contributed by atoms with E-state index in [0.717, 1.165) is 12.0 Å². The Morgan fingerprint density at radius 2 is 2.10 bits per heavy atom. The van der Waals surface area contributed by atoms with Gasteiger partial charge in [-0.2, -0.15) is 0 Å². The number of nitrogens with one attached hydrogen (secondary N) is 1. The van der Waals surface area contributed by atoms with E-state index < -0.39 is 5.97 Å². The maximum atomic E-state index is 11.8. The van der Waals surface area contributed by atoms with Gasteiger partial charge in [-0.1, -0.05) is 30.7 Å². The monoisotopic (exact) mass is 310 g/mol. The highest BCUT2D eigenvalue weighted by molar-refractivity contribution is 7.71. The van der Waals surface area contributed by atoms with E-state index >= 15 is 0 Å². The minimum Gasteiger partial charge on any atom is -0.464 e. The highest BCUT2D eigenvalue weighted by Crippen LogP contribution is 2.25. The van der Waals surface area contributed by atoms with Gasteiger partial charge in [-0.15, -0.1) is 0 Å². The predicted molar refractivity (Wildman–Crippen MR) is 80.8 cm³/mol. The third-order valence-corrected chi connectivity index (χ3v) is 3.72. The number of hydrogen-bond acceptors (Lipinski definition) is 3. The van der Waals surface area contributed by atoms with Gasteiger partial charge in [0, 0.05) is 11.2 Å². The molecule has 20 heavy (non-hydrogen) atoms. The summed E-state index contributed by atoms with van der Waals surface area (Å²) in [6.45, 7) is 2.04. The number of hydrogen-bond donors (Lipinski definition) is 1. The number of carbonyl (C=O) groups excluding carboxylic acids is 1. The van der Waals surface area contributed by atoms with Gasteiger partial charge in [-0.05, 0) is 36.3 Å². The summed E-state index contributed by atoms with van der Waals surface area (Å²) < 4.78 is 7.07. The van der Waals surface area contributed by atoms with Crippen LogP contribution in [0.2, 0.25) is 5.02 Å². The molecule has 6 heteroatoms. The van der Waals surface area contributed by atoms with Crippen LogP contribution in [0, 0.1) is 4.77 Å². The number of H-pyrrole nitrogens is 1. The zero-order valence-electron chi connectivity index (χ0n) is 11.2. The number of ether oxygens (including phenoxy) is 1. The van der Waals surface area contributed by atoms with Crippen molar-refractivity contribution in [3.8, 4) is 0 Å². The number of aromatic nitrogens is 2. The Morgan fingerprint density at radius 1 is 1.45 bits per heavy atom. The molecular weight excluding hydrogens is 296 g/mol. The summed E-state index contributed by atoms with van der Waals surface area (Å²) in [7, 11) is 1.35. The lowest BCUT2D eigenvalue weighted by Gasteiger charge is -2.19. The molecule has 2 rings (SSSR count). The fourth-order valence-electron chi connectivity index (χ4n) is 2.20. The second-order valence-electron chi connectivity index (χ2n) is 4.32. The number of halogens is 1. The summed E-state index contributed by atoms with van der Waals surface area (Å²) in [6, 6.07) is 7.49. The molecule has 1 N–H and O–H groups in total. The molecule has 1 aromatic heterocycles. The first kappa shape index (κ1) is 14.8. The summed E-state index contributed by atoms with van der Waals surface area (Å²) in [4.78, 5) is 14.7. The molecule has 1 aromatic carbocycles. The van der Waals surface area contributed by atoms with E-state index in [1.54, 1.807) is 10.8 Å². The van der Waals surface area contributed by atoms with E-state index in [4.69, 9.17) is 28.6 Å². The summed E-state index contributed by atoms with van der Waals surface area (Å²) in [5.74, 6) is -0.412. The van der Waals surface area contributed by atoms with E-state index in [9.17, 15) is 4.79 Å². The van der Waals surface area contributed by atoms with Crippen molar-refractivity contribution in [3.63, 3.8) is 0 Å². The van der Waals surface area contributed by atoms with Gasteiger partial charge in [0.05, 0.1) is 13.2 Å². The Balaban J connectivity index is 2.52. The summed E-state index contributed by atoms with van der Waals surface area (Å²) in [5, 5.41) is 0.675. The number of benzene rings is 1. The molecular formula is C14H15ClN2O2S. The maximum absolute atomic E-state index is 11.8. The Bertz CT molecular complexity index is 661. The van der Waals surface area contributed by atoms with Crippen LogP contribution in [-0.4, -0.2) is 22.6 Å². The van der Waals surface area contributed by atoms with Crippen LogP contribution in [0.4, 0.5) is 0 Å². The molecule has 0 saturated heterocycles. The van der Waals surface area contributed by atoms with E-state index in [1.165, 1.54) is 7.11 Å². The fourth-order valence-corrected chi connectivity index (χ4v) is 2.61. The lowest BCUT2D eigenvalue weighted by molar-refractivity contribution is 0.0586. The van der Waals surface area contributed by atoms with Gasteiger partial charge >= 0.3 is 5.97 Å². The second-order valence-corrected chi connectivity index (χ2v) is 5.14. The molecule has 1 unspecified atom stereocenters. The van der Waals surface area contributed by atoms with Crippen molar-refractivity contribution >= 4 is 29.8 Å². The van der Waals surface area contributed by atoms with E-state index in [2.05, 4.69) is 4.98 Å². The molecule has 0 fully saturated rings. The van der Waals surface area contributed by atoms with Crippen LogP contribution in [-0.2, 0) is 4.74 Å². The predicted octanol–water partition coefficient (Wildman–Crippen LogP) is 3.99. The number of rotatable bonds is 4. The quantitative estimate of drug-likeness (QED) is 0.686. The van der Waals surface area contributed by atoms with Gasteiger partial charge < -0.3 is 14.3 Å². The van der Waals surface area contributed by atoms with Crippen molar-refractivity contribution in [1.82, 2.24) is 9.55 Å². The van der Waals surface area contributed by atoms with Crippen molar-refractivity contribution in [2.45, 2.75) is 19.4 Å². The molecule has 1 atom stereocenters. The molecule has 0 amide bonds. The van der Waals surface area contributed by atoms with E-state index in [-0.39, 0.29) is 6.04 Å². The molecule has 0 bridgehead atoms. The van der Waals surface area contributed by atoms with Gasteiger partial charge in [-0.25, -0.2) is 4.79 Å². The third-order valence-electron chi connectivity index (χ3n) is 3.16. The SMILES string of the molecule is CCC(c1ccc(Cl)cc1)n1c(C(=O)OC)c[nH]c1=S. The number of methoxy groups -OCH3 is 1. The molecule has 1 heterocycles. The van der Waals surface area contributed by atoms with Crippen molar-refractivity contribution in [2.24, 2.45) is 0 Å². The number of carbonyl (C=O) groups is 1. The van der Waals surface area contributed by atoms with Crippen LogP contribution < -0.4 is 0 Å². The van der Waals surface area contributed by atoms with E-state index in [0.29, 0.717) is 15.5 Å². The zero-order valence-corrected chi connectivity index (χ0v) is 12.8. The summed E-state index contributed by atoms with van der Waals surface area (Å²) >= 11 is 11.2. The van der Waals surface area contributed by atoms with Gasteiger partial charge in [0.25, 0.3) is 0 Å². The molecule has 0 aliphatic carbocycles. The normalized spacial score (nSPS) is 12.2. The largest absolute Gasteiger partial charge is 0.464 e. The Labute approximate surface area is 127 Å². The molecule has 0 radical (unpaired) electrons. The number of aromatic amines is 1. The minimum absolute atomic E-state index is 0.0416. The highest BCUT2D eigenvalue weighted by Gasteiger charge is 2.20. The smallest absolute Gasteiger partial charge is 0.356 e. The van der Waals surface area contributed by atoms with Crippen LogP contribution >= 0.6 is 23.8 Å². The van der Waals surface area contributed by atoms with Gasteiger partial charge in [-0.3, -0.25) is 0 Å². The van der Waals surface area contributed by atoms with Crippen molar-refractivity contribution in [1.29, 1.82) is 0 Å². The van der Waals surface area contributed by atoms with Crippen molar-refractivity contribution in [2.75, 3.05) is 7.11 Å². The average Bonchev–Trinajstić information content (AvgIpc) is 2.83. The Hall–Kier alpha value is -1.59. The molecule has 0 saturated carbocycles. The average molecular weight is 311 g/mol. The van der Waals surface area contributed by atoms with Crippen LogP contribution in [0.1, 0.15) is 35.4 Å². The van der Waals surface area contributed by atoms with E-state index in [1.807, 2.05) is 31.2 Å². The van der Waals surface area contributed by atoms with Crippen molar-refractivity contribution < 1.29 is 9.53 Å². The number of imidazole rings is 1. The van der Waals surface area contributed by atoms with Gasteiger partial charge in [0.2, 0.25) is 0 Å². The molecule has 0 aliphatic heterocycles. The first-order valence-electron chi connectivity index (χ1n) is 6.22. The Kier molecular flexibility index (Phi) is 4.62. The first-order chi connectivity index (χ1) is 9.58. The minimum atomic E-state index is -0.412. The van der Waals surface area contributed by atoms with Gasteiger partial charge in [0.1, 0.15) is 5.69 Å². The lowest BCUT2D eigenvalue weighted by atomic mass is 10.0. The molecule has 2 aromatic rings. The molecule has 0 spiro atoms.